The van der Waals surface area contributed by atoms with Crippen LogP contribution in [0.5, 0.6) is 0 Å². The molecule has 4 aliphatic rings. The van der Waals surface area contributed by atoms with Gasteiger partial charge < -0.3 is 4.74 Å². The minimum Gasteiger partial charge on any atom is -0.358 e. The van der Waals surface area contributed by atoms with Crippen LogP contribution in [-0.2, 0) is 4.74 Å². The average Bonchev–Trinajstić information content (AvgIpc) is 2.25. The van der Waals surface area contributed by atoms with E-state index in [0.29, 0.717) is 5.41 Å². The largest absolute Gasteiger partial charge is 0.358 e. The van der Waals surface area contributed by atoms with E-state index >= 15 is 0 Å². The lowest BCUT2D eigenvalue weighted by Gasteiger charge is -2.56. The lowest BCUT2D eigenvalue weighted by atomic mass is 9.78. The highest BCUT2D eigenvalue weighted by Crippen LogP contribution is 2.39. The number of hydrogen-bond donors (Lipinski definition) is 1. The van der Waals surface area contributed by atoms with Gasteiger partial charge in [0.25, 0.3) is 0 Å². The highest BCUT2D eigenvalue weighted by molar-refractivity contribution is 5.01. The molecule has 4 aliphatic heterocycles. The van der Waals surface area contributed by atoms with Crippen LogP contribution >= 0.6 is 0 Å². The van der Waals surface area contributed by atoms with E-state index in [0.717, 1.165) is 25.6 Å². The number of rotatable bonds is 0. The number of ether oxygens (including phenoxy) is 1. The molecule has 4 rings (SSSR count). The predicted molar refractivity (Wildman–Crippen MR) is 59.6 cm³/mol. The van der Waals surface area contributed by atoms with E-state index < -0.39 is 0 Å². The third kappa shape index (κ3) is 1.61. The molecule has 3 nitrogen and oxygen atoms in total. The number of nitrogens with zero attached hydrogens (tertiary/aromatic N) is 1. The molecule has 4 saturated heterocycles. The normalized spacial score (nSPS) is 48.4. The van der Waals surface area contributed by atoms with Crippen LogP contribution < -0.4 is 5.32 Å². The molecule has 0 aliphatic carbocycles. The first-order valence-corrected chi connectivity index (χ1v) is 6.21. The Labute approximate surface area is 92.2 Å². The monoisotopic (exact) mass is 210 g/mol. The van der Waals surface area contributed by atoms with E-state index in [-0.39, 0.29) is 5.72 Å². The molecule has 0 aromatic carbocycles. The summed E-state index contributed by atoms with van der Waals surface area (Å²) in [6, 6.07) is 0. The molecule has 1 N–H and O–H groups in total. The van der Waals surface area contributed by atoms with Gasteiger partial charge in [-0.2, -0.15) is 0 Å². The smallest absolute Gasteiger partial charge is 0.134 e. The van der Waals surface area contributed by atoms with Crippen LogP contribution in [0.4, 0.5) is 0 Å². The second-order valence-corrected chi connectivity index (χ2v) is 6.25. The predicted octanol–water partition coefficient (Wildman–Crippen LogP) is 1.05. The third-order valence-electron chi connectivity index (χ3n) is 4.29. The van der Waals surface area contributed by atoms with E-state index in [2.05, 4.69) is 24.1 Å². The van der Waals surface area contributed by atoms with Crippen LogP contribution in [0.1, 0.15) is 26.7 Å². The third-order valence-corrected chi connectivity index (χ3v) is 4.29. The van der Waals surface area contributed by atoms with E-state index in [4.69, 9.17) is 4.74 Å². The van der Waals surface area contributed by atoms with Gasteiger partial charge in [0.2, 0.25) is 0 Å². The molecular formula is C12H22N2O. The summed E-state index contributed by atoms with van der Waals surface area (Å²) in [5.41, 5.74) is 0.309. The van der Waals surface area contributed by atoms with Crippen LogP contribution in [0.2, 0.25) is 0 Å². The first-order chi connectivity index (χ1) is 7.10. The fourth-order valence-corrected chi connectivity index (χ4v) is 3.20. The summed E-state index contributed by atoms with van der Waals surface area (Å²) in [5, 5.41) is 3.69. The second-order valence-electron chi connectivity index (χ2n) is 6.25. The van der Waals surface area contributed by atoms with E-state index in [1.54, 1.807) is 0 Å². The molecule has 1 spiro atoms. The van der Waals surface area contributed by atoms with Crippen LogP contribution in [0.25, 0.3) is 0 Å². The maximum atomic E-state index is 6.20. The fourth-order valence-electron chi connectivity index (χ4n) is 3.20. The standard InChI is InChI=1S/C12H22N2O/c1-11(2)7-13-12(15-9-11)8-14-5-3-10(12)4-6-14/h10,13H,3-9H2,1-2H3. The van der Waals surface area contributed by atoms with Gasteiger partial charge in [0.05, 0.1) is 6.61 Å². The lowest BCUT2D eigenvalue weighted by molar-refractivity contribution is -0.211. The van der Waals surface area contributed by atoms with Crippen molar-refractivity contribution < 1.29 is 4.74 Å². The maximum absolute atomic E-state index is 6.20. The van der Waals surface area contributed by atoms with Crippen molar-refractivity contribution in [1.82, 2.24) is 10.2 Å². The van der Waals surface area contributed by atoms with Gasteiger partial charge in [0.1, 0.15) is 5.72 Å². The summed E-state index contributed by atoms with van der Waals surface area (Å²) in [6.45, 7) is 10.2. The van der Waals surface area contributed by atoms with Gasteiger partial charge in [0, 0.05) is 24.4 Å². The molecular weight excluding hydrogens is 188 g/mol. The Hall–Kier alpha value is -0.120. The molecule has 86 valence electrons. The molecule has 4 fully saturated rings. The van der Waals surface area contributed by atoms with Gasteiger partial charge in [-0.05, 0) is 25.9 Å². The first-order valence-electron chi connectivity index (χ1n) is 6.21. The van der Waals surface area contributed by atoms with Gasteiger partial charge in [0.15, 0.2) is 0 Å². The van der Waals surface area contributed by atoms with Crippen LogP contribution in [0.15, 0.2) is 0 Å². The molecule has 0 aromatic heterocycles. The Bertz CT molecular complexity index is 246. The molecule has 0 saturated carbocycles. The summed E-state index contributed by atoms with van der Waals surface area (Å²) in [6.07, 6.45) is 2.63. The summed E-state index contributed by atoms with van der Waals surface area (Å²) in [5.74, 6) is 0.749. The lowest BCUT2D eigenvalue weighted by Crippen LogP contribution is -2.71. The molecule has 0 radical (unpaired) electrons. The molecule has 0 aromatic rings. The van der Waals surface area contributed by atoms with Gasteiger partial charge in [-0.25, -0.2) is 0 Å². The second kappa shape index (κ2) is 3.19. The van der Waals surface area contributed by atoms with Crippen molar-refractivity contribution in [2.45, 2.75) is 32.4 Å². The Morgan fingerprint density at radius 2 is 2.00 bits per heavy atom. The van der Waals surface area contributed by atoms with Crippen molar-refractivity contribution >= 4 is 0 Å². The van der Waals surface area contributed by atoms with Crippen molar-refractivity contribution in [2.24, 2.45) is 11.3 Å². The van der Waals surface area contributed by atoms with E-state index in [1.807, 2.05) is 0 Å². The number of hydrogen-bond acceptors (Lipinski definition) is 3. The van der Waals surface area contributed by atoms with Crippen molar-refractivity contribution in [3.05, 3.63) is 0 Å². The zero-order valence-electron chi connectivity index (χ0n) is 9.88. The highest BCUT2D eigenvalue weighted by Gasteiger charge is 2.50. The summed E-state index contributed by atoms with van der Waals surface area (Å²) in [4.78, 5) is 2.55. The Balaban J connectivity index is 1.76. The van der Waals surface area contributed by atoms with Gasteiger partial charge in [-0.1, -0.05) is 13.8 Å². The fraction of sp³-hybridized carbons (Fsp3) is 1.00. The molecule has 15 heavy (non-hydrogen) atoms. The molecule has 4 heterocycles. The molecule has 1 unspecified atom stereocenters. The van der Waals surface area contributed by atoms with Gasteiger partial charge in [-0.3, -0.25) is 10.2 Å². The van der Waals surface area contributed by atoms with Gasteiger partial charge in [-0.15, -0.1) is 0 Å². The Kier molecular flexibility index (Phi) is 2.14. The zero-order chi connectivity index (χ0) is 10.5. The number of piperidine rings is 3. The minimum atomic E-state index is 0.00597. The van der Waals surface area contributed by atoms with Crippen molar-refractivity contribution in [3.63, 3.8) is 0 Å². The van der Waals surface area contributed by atoms with Crippen molar-refractivity contribution in [1.29, 1.82) is 0 Å². The van der Waals surface area contributed by atoms with Crippen LogP contribution in [0.3, 0.4) is 0 Å². The topological polar surface area (TPSA) is 24.5 Å². The molecule has 1 atom stereocenters. The Morgan fingerprint density at radius 1 is 1.27 bits per heavy atom. The molecule has 3 heteroatoms. The molecule has 0 amide bonds. The minimum absolute atomic E-state index is 0.00597. The SMILES string of the molecule is CC1(C)CNC2(CN3CCC2CC3)OC1. The summed E-state index contributed by atoms with van der Waals surface area (Å²) < 4.78 is 6.20. The van der Waals surface area contributed by atoms with E-state index in [9.17, 15) is 0 Å². The van der Waals surface area contributed by atoms with Crippen molar-refractivity contribution in [3.8, 4) is 0 Å². The zero-order valence-corrected chi connectivity index (χ0v) is 9.88. The van der Waals surface area contributed by atoms with Crippen molar-refractivity contribution in [2.75, 3.05) is 32.8 Å². The Morgan fingerprint density at radius 3 is 2.47 bits per heavy atom. The van der Waals surface area contributed by atoms with Crippen LogP contribution in [-0.4, -0.2) is 43.4 Å². The number of fused-ring (bicyclic) bond motifs is 2. The quantitative estimate of drug-likeness (QED) is 0.647. The first kappa shape index (κ1) is 10.1. The highest BCUT2D eigenvalue weighted by atomic mass is 16.5. The van der Waals surface area contributed by atoms with E-state index in [1.165, 1.54) is 25.9 Å². The summed E-state index contributed by atoms with van der Waals surface area (Å²) >= 11 is 0. The molecule has 2 bridgehead atoms. The maximum Gasteiger partial charge on any atom is 0.134 e. The number of nitrogens with one attached hydrogen (secondary N) is 1. The van der Waals surface area contributed by atoms with Crippen LogP contribution in [0, 0.1) is 11.3 Å². The summed E-state index contributed by atoms with van der Waals surface area (Å²) in [7, 11) is 0. The average molecular weight is 210 g/mol. The van der Waals surface area contributed by atoms with Gasteiger partial charge >= 0.3 is 0 Å².